The van der Waals surface area contributed by atoms with Crippen molar-refractivity contribution in [3.63, 3.8) is 0 Å². The minimum absolute atomic E-state index is 0.190. The number of hydrogen-bond donors (Lipinski definition) is 2. The van der Waals surface area contributed by atoms with Crippen molar-refractivity contribution in [2.75, 3.05) is 13.2 Å². The molecule has 0 saturated carbocycles. The van der Waals surface area contributed by atoms with Crippen LogP contribution in [0.3, 0.4) is 0 Å². The molecule has 5 rings (SSSR count). The Morgan fingerprint density at radius 1 is 1.10 bits per heavy atom. The van der Waals surface area contributed by atoms with E-state index in [1.165, 1.54) is 4.90 Å². The minimum atomic E-state index is -1.38. The number of aliphatic hydroxyl groups is 1. The number of rotatable bonds is 3. The molecular weight excluding hydrogens is 538 g/mol. The molecule has 0 unspecified atom stereocenters. The summed E-state index contributed by atoms with van der Waals surface area (Å²) in [5.41, 5.74) is -1.30. The topological polar surface area (TPSA) is 125 Å². The van der Waals surface area contributed by atoms with Crippen molar-refractivity contribution in [3.05, 3.63) is 60.2 Å². The predicted molar refractivity (Wildman–Crippen MR) is 154 cm³/mol. The largest absolute Gasteiger partial charge is 0.455 e. The van der Waals surface area contributed by atoms with E-state index >= 15 is 0 Å². The lowest BCUT2D eigenvalue weighted by atomic mass is 9.74. The smallest absolute Gasteiger partial charge is 0.313 e. The number of benzene rings is 1. The lowest BCUT2D eigenvalue weighted by Crippen LogP contribution is -2.61. The Kier molecular flexibility index (Phi) is 8.06. The molecule has 42 heavy (non-hydrogen) atoms. The first-order valence-electron chi connectivity index (χ1n) is 14.7. The Morgan fingerprint density at radius 3 is 2.48 bits per heavy atom. The maximum Gasteiger partial charge on any atom is 0.313 e. The Labute approximate surface area is 246 Å². The number of nitrogens with zero attached hydrogens (tertiary/aromatic N) is 2. The molecule has 3 amide bonds. The number of amides is 3. The molecule has 5 bridgehead atoms. The van der Waals surface area contributed by atoms with Crippen molar-refractivity contribution in [1.29, 1.82) is 0 Å². The molecule has 2 saturated heterocycles. The van der Waals surface area contributed by atoms with Crippen LogP contribution in [0.2, 0.25) is 0 Å². The van der Waals surface area contributed by atoms with Crippen LogP contribution < -0.4 is 5.32 Å². The second-order valence-electron chi connectivity index (χ2n) is 12.7. The van der Waals surface area contributed by atoms with Crippen LogP contribution in [0, 0.1) is 11.8 Å². The molecule has 1 spiro atoms. The van der Waals surface area contributed by atoms with Gasteiger partial charge in [0.05, 0.1) is 30.7 Å². The molecule has 1 aromatic rings. The lowest BCUT2D eigenvalue weighted by Gasteiger charge is -2.42. The van der Waals surface area contributed by atoms with Gasteiger partial charge in [0.2, 0.25) is 17.7 Å². The van der Waals surface area contributed by atoms with E-state index in [1.54, 1.807) is 30.9 Å². The zero-order chi connectivity index (χ0) is 30.4. The third kappa shape index (κ3) is 5.04. The average molecular weight is 580 g/mol. The Balaban J connectivity index is 1.61. The molecule has 0 aromatic heterocycles. The maximum absolute atomic E-state index is 14.5. The van der Waals surface area contributed by atoms with Gasteiger partial charge in [-0.1, -0.05) is 54.6 Å². The molecule has 0 aliphatic carbocycles. The lowest BCUT2D eigenvalue weighted by molar-refractivity contribution is -0.162. The van der Waals surface area contributed by atoms with Gasteiger partial charge in [0.25, 0.3) is 0 Å². The first-order chi connectivity index (χ1) is 19.9. The SMILES string of the molecule is C[C@H](CO)N1C(=O)[C@H]2[C@@H]3C(=O)O[C@H](c4ccccc4)[C@@H](C)NC(=O)CC/C=C\CN(C(C)(C)C)C(=O)[C@H]1[C@@]21C=C[C@@H]3O1. The third-order valence-corrected chi connectivity index (χ3v) is 8.84. The van der Waals surface area contributed by atoms with Crippen LogP contribution in [0.5, 0.6) is 0 Å². The first kappa shape index (κ1) is 30.0. The Morgan fingerprint density at radius 2 is 1.81 bits per heavy atom. The van der Waals surface area contributed by atoms with E-state index in [9.17, 15) is 24.3 Å². The van der Waals surface area contributed by atoms with Crippen molar-refractivity contribution in [2.45, 2.75) is 88.9 Å². The number of likely N-dealkylation sites (tertiary alicyclic amines) is 1. The standard InChI is InChI=1S/C32H41N3O7/c1-19(18-36)35-27-29(39)34(31(3,4)5)17-11-7-10-14-23(37)33-20(2)26(21-12-8-6-9-13-21)41-30(40)24-22-15-16-32(27,42-22)25(24)28(35)38/h6-9,11-13,15-16,19-20,22,24-27,36H,10,14,17-18H2,1-5H3,(H,33,37)/b11-7-/t19-,20-,22+,24-,25-,26+,27+,32-/m1/s1. The molecular formula is C32H41N3O7. The zero-order valence-electron chi connectivity index (χ0n) is 24.9. The monoisotopic (exact) mass is 579 g/mol. The fraction of sp³-hybridized carbons (Fsp3) is 0.562. The van der Waals surface area contributed by atoms with E-state index < -0.39 is 65.2 Å². The van der Waals surface area contributed by atoms with E-state index in [-0.39, 0.29) is 31.4 Å². The minimum Gasteiger partial charge on any atom is -0.455 e. The van der Waals surface area contributed by atoms with Crippen molar-refractivity contribution in [1.82, 2.24) is 15.1 Å². The van der Waals surface area contributed by atoms with E-state index in [0.29, 0.717) is 12.0 Å². The summed E-state index contributed by atoms with van der Waals surface area (Å²) in [6.07, 6.45) is 6.33. The molecule has 0 radical (unpaired) electrons. The van der Waals surface area contributed by atoms with E-state index in [1.807, 2.05) is 63.3 Å². The number of aliphatic hydroxyl groups excluding tert-OH is 1. The van der Waals surface area contributed by atoms with Crippen LogP contribution in [-0.4, -0.2) is 87.1 Å². The van der Waals surface area contributed by atoms with Gasteiger partial charge in [-0.05, 0) is 46.6 Å². The number of nitrogens with one attached hydrogen (secondary N) is 1. The molecule has 4 heterocycles. The number of cyclic esters (lactones) is 1. The number of ether oxygens (including phenoxy) is 2. The van der Waals surface area contributed by atoms with Crippen molar-refractivity contribution >= 4 is 23.7 Å². The van der Waals surface area contributed by atoms with Crippen LogP contribution in [0.4, 0.5) is 0 Å². The van der Waals surface area contributed by atoms with E-state index in [4.69, 9.17) is 9.47 Å². The van der Waals surface area contributed by atoms with Gasteiger partial charge in [0, 0.05) is 18.5 Å². The van der Waals surface area contributed by atoms with Crippen LogP contribution in [0.15, 0.2) is 54.6 Å². The van der Waals surface area contributed by atoms with Gasteiger partial charge in [-0.3, -0.25) is 19.2 Å². The summed E-state index contributed by atoms with van der Waals surface area (Å²) in [6, 6.07) is 6.84. The highest BCUT2D eigenvalue weighted by Crippen LogP contribution is 2.56. The summed E-state index contributed by atoms with van der Waals surface area (Å²) in [5, 5.41) is 13.1. The summed E-state index contributed by atoms with van der Waals surface area (Å²) < 4.78 is 12.6. The maximum atomic E-state index is 14.5. The Bertz CT molecular complexity index is 1290. The molecule has 2 fully saturated rings. The van der Waals surface area contributed by atoms with Crippen molar-refractivity contribution in [2.24, 2.45) is 11.8 Å². The second-order valence-corrected chi connectivity index (χ2v) is 12.7. The third-order valence-electron chi connectivity index (χ3n) is 8.84. The number of carbonyl (C=O) groups is 4. The van der Waals surface area contributed by atoms with Crippen LogP contribution in [0.1, 0.15) is 59.1 Å². The summed E-state index contributed by atoms with van der Waals surface area (Å²) >= 11 is 0. The predicted octanol–water partition coefficient (Wildman–Crippen LogP) is 2.28. The molecule has 8 atom stereocenters. The number of hydrogen-bond acceptors (Lipinski definition) is 7. The average Bonchev–Trinajstić information content (AvgIpc) is 3.59. The highest BCUT2D eigenvalue weighted by Gasteiger charge is 2.74. The van der Waals surface area contributed by atoms with Gasteiger partial charge < -0.3 is 29.7 Å². The molecule has 2 N–H and O–H groups in total. The number of allylic oxidation sites excluding steroid dienone is 1. The van der Waals surface area contributed by atoms with Crippen LogP contribution in [0.25, 0.3) is 0 Å². The summed E-state index contributed by atoms with van der Waals surface area (Å²) in [4.78, 5) is 58.6. The summed E-state index contributed by atoms with van der Waals surface area (Å²) in [7, 11) is 0. The fourth-order valence-electron chi connectivity index (χ4n) is 6.78. The highest BCUT2D eigenvalue weighted by molar-refractivity contribution is 5.99. The van der Waals surface area contributed by atoms with Crippen molar-refractivity contribution in [3.8, 4) is 0 Å². The molecule has 4 aliphatic rings. The number of fused-ring (bicyclic) bond motifs is 2. The summed E-state index contributed by atoms with van der Waals surface area (Å²) in [5.74, 6) is -3.58. The second kappa shape index (κ2) is 11.3. The van der Waals surface area contributed by atoms with Gasteiger partial charge in [0.15, 0.2) is 0 Å². The molecule has 10 nitrogen and oxygen atoms in total. The highest BCUT2D eigenvalue weighted by atomic mass is 16.6. The van der Waals surface area contributed by atoms with Gasteiger partial charge in [0.1, 0.15) is 23.7 Å². The van der Waals surface area contributed by atoms with E-state index in [0.717, 1.165) is 0 Å². The summed E-state index contributed by atoms with van der Waals surface area (Å²) in [6.45, 7) is 9.10. The molecule has 4 aliphatic heterocycles. The number of esters is 1. The molecule has 10 heteroatoms. The van der Waals surface area contributed by atoms with Gasteiger partial charge in [-0.2, -0.15) is 0 Å². The van der Waals surface area contributed by atoms with Crippen LogP contribution in [-0.2, 0) is 28.7 Å². The quantitative estimate of drug-likeness (QED) is 0.416. The van der Waals surface area contributed by atoms with Crippen molar-refractivity contribution < 1.29 is 33.8 Å². The van der Waals surface area contributed by atoms with Crippen LogP contribution >= 0.6 is 0 Å². The zero-order valence-corrected chi connectivity index (χ0v) is 24.9. The normalized spacial score (nSPS) is 35.2. The molecule has 226 valence electrons. The van der Waals surface area contributed by atoms with Gasteiger partial charge in [-0.15, -0.1) is 0 Å². The van der Waals surface area contributed by atoms with Gasteiger partial charge in [-0.25, -0.2) is 0 Å². The van der Waals surface area contributed by atoms with E-state index in [2.05, 4.69) is 5.32 Å². The molecule has 1 aromatic carbocycles. The Hall–Kier alpha value is -3.50. The van der Waals surface area contributed by atoms with Gasteiger partial charge >= 0.3 is 5.97 Å². The fourth-order valence-corrected chi connectivity index (χ4v) is 6.78. The number of carbonyl (C=O) groups excluding carboxylic acids is 4. The first-order valence-corrected chi connectivity index (χ1v) is 14.7.